The molecule has 0 unspecified atom stereocenters. The van der Waals surface area contributed by atoms with Gasteiger partial charge in [0.2, 0.25) is 5.91 Å². The van der Waals surface area contributed by atoms with Gasteiger partial charge in [0, 0.05) is 24.0 Å². The number of aliphatic hydroxyl groups excluding tert-OH is 1. The summed E-state index contributed by atoms with van der Waals surface area (Å²) in [5.41, 5.74) is 3.55. The van der Waals surface area contributed by atoms with Crippen molar-refractivity contribution in [2.75, 3.05) is 26.2 Å². The van der Waals surface area contributed by atoms with Gasteiger partial charge in [0.25, 0.3) is 0 Å². The van der Waals surface area contributed by atoms with Gasteiger partial charge in [-0.15, -0.1) is 11.3 Å². The Hall–Kier alpha value is -1.89. The molecule has 1 aliphatic heterocycles. The first-order valence-electron chi connectivity index (χ1n) is 10.9. The van der Waals surface area contributed by atoms with E-state index in [4.69, 9.17) is 4.74 Å². The van der Waals surface area contributed by atoms with Crippen molar-refractivity contribution < 1.29 is 14.6 Å². The lowest BCUT2D eigenvalue weighted by molar-refractivity contribution is -0.136. The first-order valence-corrected chi connectivity index (χ1v) is 11.8. The topological polar surface area (TPSA) is 53.0 Å². The van der Waals surface area contributed by atoms with E-state index < -0.39 is 6.10 Å². The number of ether oxygens (including phenoxy) is 1. The van der Waals surface area contributed by atoms with Gasteiger partial charge in [-0.05, 0) is 68.7 Å². The van der Waals surface area contributed by atoms with E-state index in [9.17, 15) is 9.90 Å². The van der Waals surface area contributed by atoms with Crippen LogP contribution in [0.2, 0.25) is 0 Å². The molecule has 1 saturated carbocycles. The van der Waals surface area contributed by atoms with Crippen molar-refractivity contribution in [3.63, 3.8) is 0 Å². The summed E-state index contributed by atoms with van der Waals surface area (Å²) in [6, 6.07) is 8.72. The molecule has 2 atom stereocenters. The average molecular weight is 429 g/mol. The third-order valence-electron chi connectivity index (χ3n) is 6.04. The largest absolute Gasteiger partial charge is 0.491 e. The summed E-state index contributed by atoms with van der Waals surface area (Å²) < 4.78 is 6.22. The SMILES string of the molecule is Cc1ccc(OC[C@H]2c3ccsc3CCN2C(=O)CN(C[C@@H](C)O)C2CC2)c(C)c1. The molecule has 1 aliphatic carbocycles. The minimum atomic E-state index is -0.424. The Morgan fingerprint density at radius 2 is 2.13 bits per heavy atom. The number of benzene rings is 1. The normalized spacial score (nSPS) is 19.6. The quantitative estimate of drug-likeness (QED) is 0.696. The minimum Gasteiger partial charge on any atom is -0.491 e. The van der Waals surface area contributed by atoms with Gasteiger partial charge in [0.05, 0.1) is 18.7 Å². The molecule has 2 heterocycles. The van der Waals surface area contributed by atoms with Crippen LogP contribution >= 0.6 is 11.3 Å². The summed E-state index contributed by atoms with van der Waals surface area (Å²) in [7, 11) is 0. The van der Waals surface area contributed by atoms with Crippen molar-refractivity contribution in [3.8, 4) is 5.75 Å². The number of nitrogens with zero attached hydrogens (tertiary/aromatic N) is 2. The zero-order valence-corrected chi connectivity index (χ0v) is 19.0. The number of fused-ring (bicyclic) bond motifs is 1. The van der Waals surface area contributed by atoms with Gasteiger partial charge < -0.3 is 14.7 Å². The molecule has 0 bridgehead atoms. The lowest BCUT2D eigenvalue weighted by Crippen LogP contribution is -2.48. The van der Waals surface area contributed by atoms with Gasteiger partial charge >= 0.3 is 0 Å². The smallest absolute Gasteiger partial charge is 0.237 e. The molecular formula is C24H32N2O3S. The highest BCUT2D eigenvalue weighted by Crippen LogP contribution is 2.35. The number of thiophene rings is 1. The lowest BCUT2D eigenvalue weighted by Gasteiger charge is -2.37. The van der Waals surface area contributed by atoms with E-state index in [1.165, 1.54) is 16.0 Å². The van der Waals surface area contributed by atoms with Crippen LogP contribution in [-0.4, -0.2) is 59.2 Å². The first-order chi connectivity index (χ1) is 14.4. The maximum atomic E-state index is 13.3. The molecule has 162 valence electrons. The number of hydrogen-bond donors (Lipinski definition) is 1. The Balaban J connectivity index is 1.50. The number of carbonyl (C=O) groups excluding carboxylic acids is 1. The monoisotopic (exact) mass is 428 g/mol. The Labute approximate surface area is 183 Å². The molecule has 0 spiro atoms. The van der Waals surface area contributed by atoms with Gasteiger partial charge in [-0.2, -0.15) is 0 Å². The fourth-order valence-electron chi connectivity index (χ4n) is 4.39. The fraction of sp³-hybridized carbons (Fsp3) is 0.542. The number of amides is 1. The van der Waals surface area contributed by atoms with Gasteiger partial charge in [0.15, 0.2) is 0 Å². The van der Waals surface area contributed by atoms with Crippen LogP contribution in [0.25, 0.3) is 0 Å². The molecule has 6 heteroatoms. The van der Waals surface area contributed by atoms with Crippen LogP contribution < -0.4 is 4.74 Å². The maximum Gasteiger partial charge on any atom is 0.237 e. The van der Waals surface area contributed by atoms with Crippen LogP contribution in [0, 0.1) is 13.8 Å². The van der Waals surface area contributed by atoms with E-state index in [0.717, 1.165) is 37.1 Å². The van der Waals surface area contributed by atoms with Crippen molar-refractivity contribution in [3.05, 3.63) is 51.2 Å². The van der Waals surface area contributed by atoms with E-state index in [1.54, 1.807) is 18.3 Å². The fourth-order valence-corrected chi connectivity index (χ4v) is 5.32. The zero-order valence-electron chi connectivity index (χ0n) is 18.1. The zero-order chi connectivity index (χ0) is 21.3. The van der Waals surface area contributed by atoms with Gasteiger partial charge in [-0.3, -0.25) is 9.69 Å². The minimum absolute atomic E-state index is 0.0687. The van der Waals surface area contributed by atoms with Crippen LogP contribution in [0.3, 0.4) is 0 Å². The van der Waals surface area contributed by atoms with Crippen molar-refractivity contribution in [1.29, 1.82) is 0 Å². The summed E-state index contributed by atoms with van der Waals surface area (Å²) in [4.78, 5) is 18.8. The highest BCUT2D eigenvalue weighted by molar-refractivity contribution is 7.10. The number of carbonyl (C=O) groups is 1. The van der Waals surface area contributed by atoms with Gasteiger partial charge in [-0.25, -0.2) is 0 Å². The number of aryl methyl sites for hydroxylation is 2. The molecule has 5 nitrogen and oxygen atoms in total. The van der Waals surface area contributed by atoms with Crippen molar-refractivity contribution in [1.82, 2.24) is 9.80 Å². The van der Waals surface area contributed by atoms with Crippen LogP contribution in [-0.2, 0) is 11.2 Å². The third kappa shape index (κ3) is 4.88. The van der Waals surface area contributed by atoms with Crippen LogP contribution in [0.5, 0.6) is 5.75 Å². The molecule has 4 rings (SSSR count). The summed E-state index contributed by atoms with van der Waals surface area (Å²) in [5.74, 6) is 1.01. The highest BCUT2D eigenvalue weighted by Gasteiger charge is 2.36. The van der Waals surface area contributed by atoms with Crippen molar-refractivity contribution in [2.24, 2.45) is 0 Å². The predicted molar refractivity (Wildman–Crippen MR) is 120 cm³/mol. The predicted octanol–water partition coefficient (Wildman–Crippen LogP) is 3.71. The third-order valence-corrected chi connectivity index (χ3v) is 7.04. The maximum absolute atomic E-state index is 13.3. The Morgan fingerprint density at radius 1 is 1.33 bits per heavy atom. The first kappa shape index (κ1) is 21.3. The molecule has 1 fully saturated rings. The van der Waals surface area contributed by atoms with E-state index >= 15 is 0 Å². The number of aliphatic hydroxyl groups is 1. The second-order valence-corrected chi connectivity index (χ2v) is 9.74. The van der Waals surface area contributed by atoms with E-state index in [0.29, 0.717) is 25.7 Å². The summed E-state index contributed by atoms with van der Waals surface area (Å²) >= 11 is 1.77. The Morgan fingerprint density at radius 3 is 2.83 bits per heavy atom. The molecule has 0 radical (unpaired) electrons. The molecule has 0 saturated heterocycles. The molecule has 1 aromatic carbocycles. The molecule has 2 aromatic rings. The molecule has 1 N–H and O–H groups in total. The number of hydrogen-bond acceptors (Lipinski definition) is 5. The summed E-state index contributed by atoms with van der Waals surface area (Å²) in [6.45, 7) is 8.03. The molecule has 2 aliphatic rings. The molecular weight excluding hydrogens is 396 g/mol. The van der Waals surface area contributed by atoms with Crippen LogP contribution in [0.15, 0.2) is 29.6 Å². The van der Waals surface area contributed by atoms with Crippen LogP contribution in [0.4, 0.5) is 0 Å². The Kier molecular flexibility index (Phi) is 6.46. The lowest BCUT2D eigenvalue weighted by atomic mass is 10.00. The van der Waals surface area contributed by atoms with Gasteiger partial charge in [0.1, 0.15) is 12.4 Å². The standard InChI is InChI=1S/C24H32N2O3S/c1-16-4-7-22(17(2)12-16)29-15-21-20-9-11-30-23(20)8-10-26(21)24(28)14-25(13-18(3)27)19-5-6-19/h4,7,9,11-12,18-19,21,27H,5-6,8,10,13-15H2,1-3H3/t18-,21+/m1/s1. The second kappa shape index (κ2) is 9.08. The van der Waals surface area contributed by atoms with Crippen LogP contribution in [0.1, 0.15) is 47.4 Å². The summed E-state index contributed by atoms with van der Waals surface area (Å²) in [6.07, 6.45) is 2.72. The molecule has 30 heavy (non-hydrogen) atoms. The molecule has 1 amide bonds. The van der Waals surface area contributed by atoms with Crippen molar-refractivity contribution in [2.45, 2.75) is 58.2 Å². The van der Waals surface area contributed by atoms with Crippen molar-refractivity contribution >= 4 is 17.2 Å². The summed E-state index contributed by atoms with van der Waals surface area (Å²) in [5, 5.41) is 12.0. The van der Waals surface area contributed by atoms with E-state index in [-0.39, 0.29) is 11.9 Å². The average Bonchev–Trinajstić information content (AvgIpc) is 3.43. The highest BCUT2D eigenvalue weighted by atomic mass is 32.1. The number of rotatable bonds is 8. The second-order valence-electron chi connectivity index (χ2n) is 8.74. The Bertz CT molecular complexity index is 890. The molecule has 1 aromatic heterocycles. The van der Waals surface area contributed by atoms with Gasteiger partial charge in [-0.1, -0.05) is 17.7 Å². The van der Waals surface area contributed by atoms with E-state index in [1.807, 2.05) is 11.0 Å². The van der Waals surface area contributed by atoms with E-state index in [2.05, 4.69) is 42.3 Å².